The number of benzene rings is 2. The van der Waals surface area contributed by atoms with E-state index in [0.29, 0.717) is 5.56 Å². The molecule has 0 amide bonds. The number of anilines is 1. The van der Waals surface area contributed by atoms with Crippen LogP contribution in [-0.4, -0.2) is 0 Å². The lowest BCUT2D eigenvalue weighted by atomic mass is 10.1. The Bertz CT molecular complexity index is 669. The van der Waals surface area contributed by atoms with Gasteiger partial charge in [-0.3, -0.25) is 0 Å². The highest BCUT2D eigenvalue weighted by Gasteiger charge is 2.06. The monoisotopic (exact) mass is 262 g/mol. The zero-order valence-electron chi connectivity index (χ0n) is 12.1. The molecule has 2 rings (SSSR count). The number of nitriles is 1. The molecule has 20 heavy (non-hydrogen) atoms. The second-order valence-electron chi connectivity index (χ2n) is 5.00. The highest BCUT2D eigenvalue weighted by atomic mass is 14.9. The summed E-state index contributed by atoms with van der Waals surface area (Å²) in [5.74, 6) is 0. The number of rotatable bonds is 3. The van der Waals surface area contributed by atoms with Crippen LogP contribution in [0.2, 0.25) is 0 Å². The zero-order chi connectivity index (χ0) is 14.5. The van der Waals surface area contributed by atoms with Gasteiger partial charge in [-0.25, -0.2) is 0 Å². The van der Waals surface area contributed by atoms with E-state index in [1.165, 1.54) is 11.1 Å². The topological polar surface area (TPSA) is 35.8 Å². The smallest absolute Gasteiger partial charge is 0.0991 e. The van der Waals surface area contributed by atoms with Crippen LogP contribution >= 0.6 is 0 Å². The van der Waals surface area contributed by atoms with Crippen LogP contribution in [0.25, 0.3) is 5.70 Å². The molecule has 0 aliphatic rings. The third-order valence-corrected chi connectivity index (χ3v) is 3.21. The number of nitrogens with zero attached hydrogens (tertiary/aromatic N) is 1. The highest BCUT2D eigenvalue weighted by molar-refractivity contribution is 5.79. The lowest BCUT2D eigenvalue weighted by Crippen LogP contribution is -2.02. The molecule has 0 heterocycles. The second kappa shape index (κ2) is 6.08. The van der Waals surface area contributed by atoms with Gasteiger partial charge in [0.2, 0.25) is 0 Å². The highest BCUT2D eigenvalue weighted by Crippen LogP contribution is 2.24. The lowest BCUT2D eigenvalue weighted by Gasteiger charge is -2.15. The lowest BCUT2D eigenvalue weighted by molar-refractivity contribution is 1.34. The van der Waals surface area contributed by atoms with Gasteiger partial charge in [-0.1, -0.05) is 35.9 Å². The molecular weight excluding hydrogens is 244 g/mol. The maximum atomic E-state index is 8.87. The fourth-order valence-electron chi connectivity index (χ4n) is 2.05. The zero-order valence-corrected chi connectivity index (χ0v) is 12.1. The molecule has 2 heteroatoms. The molecule has 100 valence electrons. The molecule has 0 spiro atoms. The van der Waals surface area contributed by atoms with Gasteiger partial charge >= 0.3 is 0 Å². The van der Waals surface area contributed by atoms with E-state index < -0.39 is 0 Å². The van der Waals surface area contributed by atoms with Crippen molar-refractivity contribution in [3.63, 3.8) is 0 Å². The van der Waals surface area contributed by atoms with Gasteiger partial charge in [0.1, 0.15) is 0 Å². The Morgan fingerprint density at radius 3 is 2.20 bits per heavy atom. The molecule has 2 nitrogen and oxygen atoms in total. The molecule has 0 atom stereocenters. The minimum absolute atomic E-state index is 0.678. The number of aryl methyl sites for hydroxylation is 1. The van der Waals surface area contributed by atoms with Crippen molar-refractivity contribution < 1.29 is 0 Å². The van der Waals surface area contributed by atoms with Crippen molar-refractivity contribution in [2.75, 3.05) is 5.32 Å². The van der Waals surface area contributed by atoms with Crippen LogP contribution in [0.4, 0.5) is 5.69 Å². The summed E-state index contributed by atoms with van der Waals surface area (Å²) >= 11 is 0. The molecule has 0 fully saturated rings. The fraction of sp³-hybridized carbons (Fsp3) is 0.167. The van der Waals surface area contributed by atoms with Crippen LogP contribution in [0.1, 0.15) is 30.5 Å². The van der Waals surface area contributed by atoms with Gasteiger partial charge in [0.15, 0.2) is 0 Å². The van der Waals surface area contributed by atoms with E-state index in [2.05, 4.69) is 44.3 Å². The van der Waals surface area contributed by atoms with Crippen LogP contribution in [-0.2, 0) is 0 Å². The summed E-state index contributed by atoms with van der Waals surface area (Å²) in [5.41, 5.74) is 6.37. The van der Waals surface area contributed by atoms with Crippen molar-refractivity contribution in [3.8, 4) is 6.07 Å². The van der Waals surface area contributed by atoms with E-state index in [1.807, 2.05) is 36.4 Å². The van der Waals surface area contributed by atoms with Crippen molar-refractivity contribution >= 4 is 11.4 Å². The van der Waals surface area contributed by atoms with Crippen molar-refractivity contribution in [2.45, 2.75) is 20.8 Å². The molecule has 2 aromatic carbocycles. The number of nitrogens with one attached hydrogen (secondary N) is 1. The number of hydrogen-bond acceptors (Lipinski definition) is 2. The van der Waals surface area contributed by atoms with Gasteiger partial charge < -0.3 is 5.32 Å². The Labute approximate surface area is 120 Å². The molecule has 0 aliphatic heterocycles. The van der Waals surface area contributed by atoms with Gasteiger partial charge in [-0.15, -0.1) is 0 Å². The molecule has 0 aromatic heterocycles. The maximum absolute atomic E-state index is 8.87. The van der Waals surface area contributed by atoms with E-state index in [1.54, 1.807) is 0 Å². The first-order chi connectivity index (χ1) is 9.61. The Morgan fingerprint density at radius 1 is 1.00 bits per heavy atom. The maximum Gasteiger partial charge on any atom is 0.0991 e. The minimum atomic E-state index is 0.678. The van der Waals surface area contributed by atoms with E-state index >= 15 is 0 Å². The molecule has 0 aliphatic carbocycles. The Hall–Kier alpha value is -2.53. The van der Waals surface area contributed by atoms with E-state index in [9.17, 15) is 0 Å². The first-order valence-corrected chi connectivity index (χ1v) is 6.62. The summed E-state index contributed by atoms with van der Waals surface area (Å²) in [6.45, 7) is 6.25. The third-order valence-electron chi connectivity index (χ3n) is 3.21. The van der Waals surface area contributed by atoms with E-state index in [-0.39, 0.29) is 0 Å². The normalized spacial score (nSPS) is 9.70. The fourth-order valence-corrected chi connectivity index (χ4v) is 2.05. The van der Waals surface area contributed by atoms with Crippen molar-refractivity contribution in [3.05, 3.63) is 70.8 Å². The minimum Gasteiger partial charge on any atom is -0.355 e. The van der Waals surface area contributed by atoms with Gasteiger partial charge in [0.25, 0.3) is 0 Å². The molecule has 0 unspecified atom stereocenters. The van der Waals surface area contributed by atoms with Crippen LogP contribution in [0, 0.1) is 18.3 Å². The summed E-state index contributed by atoms with van der Waals surface area (Å²) in [4.78, 5) is 0. The average Bonchev–Trinajstić information content (AvgIpc) is 2.46. The van der Waals surface area contributed by atoms with Crippen LogP contribution in [0.3, 0.4) is 0 Å². The Morgan fingerprint density at radius 2 is 1.65 bits per heavy atom. The Kier molecular flexibility index (Phi) is 4.22. The van der Waals surface area contributed by atoms with Crippen molar-refractivity contribution in [1.82, 2.24) is 0 Å². The summed E-state index contributed by atoms with van der Waals surface area (Å²) in [6, 6.07) is 18.0. The van der Waals surface area contributed by atoms with Crippen molar-refractivity contribution in [2.24, 2.45) is 0 Å². The molecule has 1 N–H and O–H groups in total. The first-order valence-electron chi connectivity index (χ1n) is 6.62. The molecule has 0 saturated carbocycles. The molecule has 0 radical (unpaired) electrons. The van der Waals surface area contributed by atoms with E-state index in [0.717, 1.165) is 16.9 Å². The predicted molar refractivity (Wildman–Crippen MR) is 84.2 cm³/mol. The van der Waals surface area contributed by atoms with E-state index in [4.69, 9.17) is 5.26 Å². The van der Waals surface area contributed by atoms with Crippen LogP contribution in [0.5, 0.6) is 0 Å². The van der Waals surface area contributed by atoms with Crippen molar-refractivity contribution in [1.29, 1.82) is 5.26 Å². The molecule has 0 saturated heterocycles. The second-order valence-corrected chi connectivity index (χ2v) is 5.00. The number of hydrogen-bond donors (Lipinski definition) is 1. The number of para-hydroxylation sites is 1. The predicted octanol–water partition coefficient (Wildman–Crippen LogP) is 4.73. The number of allylic oxidation sites excluding steroid dienone is 1. The summed E-state index contributed by atoms with van der Waals surface area (Å²) in [6.07, 6.45) is 0. The SMILES string of the molecule is CC(C)=C(Nc1ccccc1C)c1ccc(C#N)cc1. The largest absolute Gasteiger partial charge is 0.355 e. The standard InChI is InChI=1S/C18H18N2/c1-13(2)18(16-10-8-15(12-19)9-11-16)20-17-7-5-4-6-14(17)3/h4-11,20H,1-3H3. The summed E-state index contributed by atoms with van der Waals surface area (Å²) in [7, 11) is 0. The van der Waals surface area contributed by atoms with Gasteiger partial charge in [-0.2, -0.15) is 5.26 Å². The molecule has 0 bridgehead atoms. The summed E-state index contributed by atoms with van der Waals surface area (Å²) < 4.78 is 0. The third kappa shape index (κ3) is 3.07. The molecular formula is C18H18N2. The van der Waals surface area contributed by atoms with Crippen LogP contribution in [0.15, 0.2) is 54.1 Å². The summed E-state index contributed by atoms with van der Waals surface area (Å²) in [5, 5.41) is 12.4. The quantitative estimate of drug-likeness (QED) is 0.868. The Balaban J connectivity index is 2.36. The first kappa shape index (κ1) is 13.9. The van der Waals surface area contributed by atoms with Gasteiger partial charge in [-0.05, 0) is 50.1 Å². The molecule has 2 aromatic rings. The average molecular weight is 262 g/mol. The van der Waals surface area contributed by atoms with Gasteiger partial charge in [0.05, 0.1) is 11.6 Å². The van der Waals surface area contributed by atoms with Gasteiger partial charge in [0, 0.05) is 11.4 Å². The van der Waals surface area contributed by atoms with Crippen LogP contribution < -0.4 is 5.32 Å².